The molecule has 2 aromatic carbocycles. The summed E-state index contributed by atoms with van der Waals surface area (Å²) in [5.41, 5.74) is 1.20. The maximum absolute atomic E-state index is 13.3. The van der Waals surface area contributed by atoms with Crippen LogP contribution in [0.2, 0.25) is 0 Å². The number of anilines is 3. The molecule has 0 aliphatic carbocycles. The van der Waals surface area contributed by atoms with Crippen molar-refractivity contribution in [2.45, 2.75) is 6.92 Å². The molecule has 0 aliphatic heterocycles. The Morgan fingerprint density at radius 3 is 2.27 bits per heavy atom. The highest BCUT2D eigenvalue weighted by Crippen LogP contribution is 2.18. The molecule has 0 atom stereocenters. The van der Waals surface area contributed by atoms with Gasteiger partial charge in [0.1, 0.15) is 11.5 Å². The minimum atomic E-state index is -1.02. The van der Waals surface area contributed by atoms with Crippen LogP contribution in [-0.4, -0.2) is 15.9 Å². The van der Waals surface area contributed by atoms with Gasteiger partial charge in [0, 0.05) is 23.1 Å². The fourth-order valence-electron chi connectivity index (χ4n) is 2.17. The minimum absolute atomic E-state index is 0.0558. The zero-order valence-corrected chi connectivity index (χ0v) is 13.6. The first kappa shape index (κ1) is 17.4. The third-order valence-corrected chi connectivity index (χ3v) is 3.36. The van der Waals surface area contributed by atoms with Crippen LogP contribution < -0.4 is 10.6 Å². The Balaban J connectivity index is 1.81. The normalized spacial score (nSPS) is 10.5. The quantitative estimate of drug-likeness (QED) is 0.734. The van der Waals surface area contributed by atoms with E-state index in [1.54, 1.807) is 6.92 Å². The lowest BCUT2D eigenvalue weighted by Crippen LogP contribution is -2.15. The van der Waals surface area contributed by atoms with Gasteiger partial charge in [0.15, 0.2) is 11.6 Å². The van der Waals surface area contributed by atoms with Crippen molar-refractivity contribution in [2.75, 3.05) is 10.6 Å². The van der Waals surface area contributed by atoms with Crippen LogP contribution in [0.25, 0.3) is 0 Å². The van der Waals surface area contributed by atoms with Crippen molar-refractivity contribution in [3.63, 3.8) is 0 Å². The van der Waals surface area contributed by atoms with Crippen molar-refractivity contribution in [1.29, 1.82) is 0 Å². The SMILES string of the molecule is Cc1cc(C(=O)Nc2ccc(F)cc2)nc(Nc2ccc(F)c(F)c2)n1. The molecule has 26 heavy (non-hydrogen) atoms. The van der Waals surface area contributed by atoms with Gasteiger partial charge in [0.25, 0.3) is 5.91 Å². The van der Waals surface area contributed by atoms with Gasteiger partial charge in [-0.15, -0.1) is 0 Å². The summed E-state index contributed by atoms with van der Waals surface area (Å²) >= 11 is 0. The number of rotatable bonds is 4. The summed E-state index contributed by atoms with van der Waals surface area (Å²) < 4.78 is 39.2. The summed E-state index contributed by atoms with van der Waals surface area (Å²) in [4.78, 5) is 20.5. The Morgan fingerprint density at radius 1 is 0.885 bits per heavy atom. The summed E-state index contributed by atoms with van der Waals surface area (Å²) in [6.07, 6.45) is 0. The molecule has 0 bridgehead atoms. The Morgan fingerprint density at radius 2 is 1.58 bits per heavy atom. The van der Waals surface area contributed by atoms with Crippen molar-refractivity contribution in [2.24, 2.45) is 0 Å². The molecule has 2 N–H and O–H groups in total. The molecule has 0 spiro atoms. The van der Waals surface area contributed by atoms with Gasteiger partial charge in [0.2, 0.25) is 5.95 Å². The molecule has 1 aromatic heterocycles. The van der Waals surface area contributed by atoms with Gasteiger partial charge in [-0.1, -0.05) is 0 Å². The molecule has 5 nitrogen and oxygen atoms in total. The van der Waals surface area contributed by atoms with E-state index in [9.17, 15) is 18.0 Å². The summed E-state index contributed by atoms with van der Waals surface area (Å²) in [6.45, 7) is 1.66. The van der Waals surface area contributed by atoms with Crippen LogP contribution in [0.15, 0.2) is 48.5 Å². The predicted octanol–water partition coefficient (Wildman–Crippen LogP) is 4.20. The van der Waals surface area contributed by atoms with Crippen molar-refractivity contribution in [3.8, 4) is 0 Å². The topological polar surface area (TPSA) is 66.9 Å². The number of aromatic nitrogens is 2. The second-order valence-corrected chi connectivity index (χ2v) is 5.43. The van der Waals surface area contributed by atoms with E-state index >= 15 is 0 Å². The number of halogens is 3. The highest BCUT2D eigenvalue weighted by Gasteiger charge is 2.12. The fourth-order valence-corrected chi connectivity index (χ4v) is 2.17. The van der Waals surface area contributed by atoms with E-state index in [0.717, 1.165) is 12.1 Å². The number of hydrogen-bond acceptors (Lipinski definition) is 4. The Hall–Kier alpha value is -3.42. The van der Waals surface area contributed by atoms with Crippen LogP contribution in [0.4, 0.5) is 30.5 Å². The predicted molar refractivity (Wildman–Crippen MR) is 90.8 cm³/mol. The summed E-state index contributed by atoms with van der Waals surface area (Å²) in [5.74, 6) is -2.87. The highest BCUT2D eigenvalue weighted by atomic mass is 19.2. The monoisotopic (exact) mass is 358 g/mol. The molecule has 3 aromatic rings. The van der Waals surface area contributed by atoms with E-state index in [0.29, 0.717) is 11.4 Å². The summed E-state index contributed by atoms with van der Waals surface area (Å²) in [6, 6.07) is 9.99. The van der Waals surface area contributed by atoms with Gasteiger partial charge < -0.3 is 10.6 Å². The molecule has 132 valence electrons. The number of aryl methyl sites for hydroxylation is 1. The number of nitrogens with one attached hydrogen (secondary N) is 2. The van der Waals surface area contributed by atoms with Crippen LogP contribution in [0, 0.1) is 24.4 Å². The molecule has 1 amide bonds. The fraction of sp³-hybridized carbons (Fsp3) is 0.0556. The van der Waals surface area contributed by atoms with Crippen molar-refractivity contribution in [1.82, 2.24) is 9.97 Å². The van der Waals surface area contributed by atoms with Gasteiger partial charge in [-0.3, -0.25) is 4.79 Å². The molecule has 1 heterocycles. The second-order valence-electron chi connectivity index (χ2n) is 5.43. The van der Waals surface area contributed by atoms with Crippen LogP contribution in [0.1, 0.15) is 16.2 Å². The average molecular weight is 358 g/mol. The van der Waals surface area contributed by atoms with Crippen LogP contribution in [-0.2, 0) is 0 Å². The van der Waals surface area contributed by atoms with Gasteiger partial charge in [0.05, 0.1) is 0 Å². The maximum Gasteiger partial charge on any atom is 0.274 e. The molecular weight excluding hydrogens is 345 g/mol. The first-order valence-corrected chi connectivity index (χ1v) is 7.55. The van der Waals surface area contributed by atoms with Crippen molar-refractivity contribution in [3.05, 3.63) is 77.4 Å². The number of carbonyl (C=O) groups excluding carboxylic acids is 1. The second kappa shape index (κ2) is 7.22. The van der Waals surface area contributed by atoms with Crippen molar-refractivity contribution >= 4 is 23.2 Å². The van der Waals surface area contributed by atoms with E-state index in [4.69, 9.17) is 0 Å². The molecule has 0 aliphatic rings. The van der Waals surface area contributed by atoms with Gasteiger partial charge in [-0.2, -0.15) is 0 Å². The molecular formula is C18H13F3N4O. The number of benzene rings is 2. The van der Waals surface area contributed by atoms with Gasteiger partial charge in [-0.25, -0.2) is 23.1 Å². The van der Waals surface area contributed by atoms with Gasteiger partial charge >= 0.3 is 0 Å². The van der Waals surface area contributed by atoms with Crippen LogP contribution >= 0.6 is 0 Å². The van der Waals surface area contributed by atoms with E-state index < -0.39 is 23.4 Å². The lowest BCUT2D eigenvalue weighted by molar-refractivity contribution is 0.102. The lowest BCUT2D eigenvalue weighted by atomic mass is 10.2. The van der Waals surface area contributed by atoms with Crippen molar-refractivity contribution < 1.29 is 18.0 Å². The molecule has 8 heteroatoms. The van der Waals surface area contributed by atoms with Gasteiger partial charge in [-0.05, 0) is 49.4 Å². The number of carbonyl (C=O) groups is 1. The van der Waals surface area contributed by atoms with Crippen LogP contribution in [0.3, 0.4) is 0 Å². The van der Waals surface area contributed by atoms with Crippen LogP contribution in [0.5, 0.6) is 0 Å². The van der Waals surface area contributed by atoms with E-state index in [1.165, 1.54) is 36.4 Å². The standard InChI is InChI=1S/C18H13F3N4O/c1-10-8-16(17(26)23-12-4-2-11(19)3-5-12)25-18(22-10)24-13-6-7-14(20)15(21)9-13/h2-9H,1H3,(H,23,26)(H,22,24,25). The smallest absolute Gasteiger partial charge is 0.274 e. The van der Waals surface area contributed by atoms with E-state index in [2.05, 4.69) is 20.6 Å². The maximum atomic E-state index is 13.3. The van der Waals surface area contributed by atoms with E-state index in [-0.39, 0.29) is 17.3 Å². The lowest BCUT2D eigenvalue weighted by Gasteiger charge is -2.09. The molecule has 0 fully saturated rings. The molecule has 0 unspecified atom stereocenters. The minimum Gasteiger partial charge on any atom is -0.324 e. The number of hydrogen-bond donors (Lipinski definition) is 2. The first-order chi connectivity index (χ1) is 12.4. The largest absolute Gasteiger partial charge is 0.324 e. The zero-order valence-electron chi connectivity index (χ0n) is 13.6. The molecule has 0 saturated carbocycles. The summed E-state index contributed by atoms with van der Waals surface area (Å²) in [7, 11) is 0. The highest BCUT2D eigenvalue weighted by molar-refractivity contribution is 6.03. The third-order valence-electron chi connectivity index (χ3n) is 3.36. The summed E-state index contributed by atoms with van der Waals surface area (Å²) in [5, 5.41) is 5.31. The first-order valence-electron chi connectivity index (χ1n) is 7.55. The van der Waals surface area contributed by atoms with E-state index in [1.807, 2.05) is 0 Å². The third kappa shape index (κ3) is 4.15. The Kier molecular flexibility index (Phi) is 4.83. The zero-order chi connectivity index (χ0) is 18.7. The average Bonchev–Trinajstić information content (AvgIpc) is 2.59. The molecule has 3 rings (SSSR count). The Labute approximate surface area is 146 Å². The Bertz CT molecular complexity index is 961. The number of nitrogens with zero attached hydrogens (tertiary/aromatic N) is 2. The molecule has 0 radical (unpaired) electrons. The number of amides is 1. The molecule has 0 saturated heterocycles.